The van der Waals surface area contributed by atoms with Crippen LogP contribution in [0.2, 0.25) is 0 Å². The second-order valence-electron chi connectivity index (χ2n) is 10.4. The van der Waals surface area contributed by atoms with Gasteiger partial charge in [0.1, 0.15) is 6.10 Å². The van der Waals surface area contributed by atoms with Gasteiger partial charge in [0.15, 0.2) is 0 Å². The Morgan fingerprint density at radius 1 is 1.03 bits per heavy atom. The highest BCUT2D eigenvalue weighted by Crippen LogP contribution is 2.55. The fourth-order valence-corrected chi connectivity index (χ4v) is 6.65. The molecule has 34 heavy (non-hydrogen) atoms. The minimum atomic E-state index is -0.263. The largest absolute Gasteiger partial charge is 0.362 e. The fraction of sp³-hybridized carbons (Fsp3) is 0.300. The Morgan fingerprint density at radius 3 is 2.68 bits per heavy atom. The number of nitrogens with zero attached hydrogens (tertiary/aromatic N) is 3. The zero-order valence-electron chi connectivity index (χ0n) is 20.0. The Labute approximate surface area is 201 Å². The molecule has 0 saturated carbocycles. The summed E-state index contributed by atoms with van der Waals surface area (Å²) in [6.45, 7) is 6.28. The van der Waals surface area contributed by atoms with Crippen LogP contribution in [0, 0.1) is 0 Å². The number of benzene rings is 2. The summed E-state index contributed by atoms with van der Waals surface area (Å²) < 4.78 is 6.16. The molecule has 0 N–H and O–H groups in total. The summed E-state index contributed by atoms with van der Waals surface area (Å²) >= 11 is 0. The molecule has 170 valence electrons. The van der Waals surface area contributed by atoms with Gasteiger partial charge in [0.05, 0.1) is 17.8 Å². The van der Waals surface area contributed by atoms with Crippen molar-refractivity contribution in [1.29, 1.82) is 0 Å². The van der Waals surface area contributed by atoms with Crippen LogP contribution in [-0.2, 0) is 16.6 Å². The first-order valence-electron chi connectivity index (χ1n) is 12.2. The van der Waals surface area contributed by atoms with E-state index in [0.29, 0.717) is 6.61 Å². The molecule has 7 rings (SSSR count). The average molecular weight is 448 g/mol. The van der Waals surface area contributed by atoms with Gasteiger partial charge in [-0.3, -0.25) is 4.99 Å². The molecule has 3 heterocycles. The normalized spacial score (nSPS) is 27.9. The van der Waals surface area contributed by atoms with E-state index in [9.17, 15) is 0 Å². The Bertz CT molecular complexity index is 1370. The Morgan fingerprint density at radius 2 is 1.82 bits per heavy atom. The number of aliphatic imine (C=N–C) groups is 1. The van der Waals surface area contributed by atoms with Crippen LogP contribution in [0.4, 0.5) is 11.4 Å². The van der Waals surface area contributed by atoms with Gasteiger partial charge >= 0.3 is 0 Å². The van der Waals surface area contributed by atoms with Crippen LogP contribution >= 0.6 is 0 Å². The van der Waals surface area contributed by atoms with Crippen LogP contribution in [0.25, 0.3) is 0 Å². The Balaban J connectivity index is 1.44. The van der Waals surface area contributed by atoms with Crippen molar-refractivity contribution in [3.63, 3.8) is 0 Å². The van der Waals surface area contributed by atoms with Gasteiger partial charge in [0.2, 0.25) is 0 Å². The summed E-state index contributed by atoms with van der Waals surface area (Å²) in [6.07, 6.45) is 12.3. The van der Waals surface area contributed by atoms with Crippen LogP contribution in [0.3, 0.4) is 0 Å². The summed E-state index contributed by atoms with van der Waals surface area (Å²) in [5.41, 5.74) is 9.78. The van der Waals surface area contributed by atoms with Crippen molar-refractivity contribution in [3.8, 4) is 0 Å². The van der Waals surface area contributed by atoms with Crippen molar-refractivity contribution in [2.45, 2.75) is 37.3 Å². The molecule has 4 heteroatoms. The first-order chi connectivity index (χ1) is 16.5. The molecule has 4 nitrogen and oxygen atoms in total. The van der Waals surface area contributed by atoms with E-state index in [1.165, 1.54) is 39.3 Å². The molecule has 5 aliphatic rings. The minimum absolute atomic E-state index is 0.0880. The van der Waals surface area contributed by atoms with Gasteiger partial charge in [-0.05, 0) is 41.8 Å². The van der Waals surface area contributed by atoms with E-state index >= 15 is 0 Å². The number of rotatable bonds is 1. The summed E-state index contributed by atoms with van der Waals surface area (Å²) in [4.78, 5) is 9.75. The van der Waals surface area contributed by atoms with Gasteiger partial charge in [-0.25, -0.2) is 0 Å². The average Bonchev–Trinajstić information content (AvgIpc) is 3.36. The van der Waals surface area contributed by atoms with Crippen LogP contribution in [0.1, 0.15) is 25.0 Å². The van der Waals surface area contributed by atoms with E-state index in [0.717, 1.165) is 18.7 Å². The number of allylic oxidation sites excluding steroid dienone is 2. The molecular formula is C30H29N3O. The SMILES string of the molecule is CN1c2ccccc2C(C)(C)C12C=CC1=C3N=CCOC3C=C(N3CCc4ccccc43)C1=C2. The molecule has 1 spiro atoms. The van der Waals surface area contributed by atoms with Crippen LogP contribution in [-0.4, -0.2) is 38.1 Å². The quantitative estimate of drug-likeness (QED) is 0.591. The number of likely N-dealkylation sites (N-methyl/N-ethyl adjacent to an activating group) is 1. The molecule has 0 radical (unpaired) electrons. The second kappa shape index (κ2) is 6.83. The maximum absolute atomic E-state index is 6.16. The van der Waals surface area contributed by atoms with Crippen LogP contribution in [0.5, 0.6) is 0 Å². The summed E-state index contributed by atoms with van der Waals surface area (Å²) in [5, 5.41) is 0. The van der Waals surface area contributed by atoms with Crippen molar-refractivity contribution in [2.75, 3.05) is 30.0 Å². The minimum Gasteiger partial charge on any atom is -0.362 e. The number of ether oxygens (including phenoxy) is 1. The van der Waals surface area contributed by atoms with Gasteiger partial charge in [-0.15, -0.1) is 0 Å². The van der Waals surface area contributed by atoms with Gasteiger partial charge in [0.25, 0.3) is 0 Å². The molecule has 0 aromatic heterocycles. The molecule has 0 saturated heterocycles. The molecule has 0 bridgehead atoms. The van der Waals surface area contributed by atoms with Gasteiger partial charge < -0.3 is 14.5 Å². The lowest BCUT2D eigenvalue weighted by atomic mass is 9.66. The summed E-state index contributed by atoms with van der Waals surface area (Å²) in [6, 6.07) is 17.6. The number of fused-ring (bicyclic) bond motifs is 4. The molecule has 0 amide bonds. The van der Waals surface area contributed by atoms with E-state index in [1.807, 2.05) is 6.21 Å². The van der Waals surface area contributed by atoms with Gasteiger partial charge in [-0.1, -0.05) is 62.4 Å². The molecule has 2 unspecified atom stereocenters. The predicted octanol–water partition coefficient (Wildman–Crippen LogP) is 5.33. The first-order valence-corrected chi connectivity index (χ1v) is 12.2. The van der Waals surface area contributed by atoms with E-state index in [4.69, 9.17) is 9.73 Å². The predicted molar refractivity (Wildman–Crippen MR) is 139 cm³/mol. The number of hydrogen-bond acceptors (Lipinski definition) is 4. The zero-order valence-corrected chi connectivity index (χ0v) is 20.0. The Hall–Kier alpha value is -3.37. The van der Waals surface area contributed by atoms with Gasteiger partial charge in [-0.2, -0.15) is 0 Å². The van der Waals surface area contributed by atoms with E-state index < -0.39 is 0 Å². The number of anilines is 2. The highest BCUT2D eigenvalue weighted by Gasteiger charge is 2.54. The smallest absolute Gasteiger partial charge is 0.121 e. The number of hydrogen-bond donors (Lipinski definition) is 0. The zero-order chi connectivity index (χ0) is 23.1. The van der Waals surface area contributed by atoms with Crippen molar-refractivity contribution in [1.82, 2.24) is 0 Å². The fourth-order valence-electron chi connectivity index (χ4n) is 6.65. The first kappa shape index (κ1) is 20.0. The lowest BCUT2D eigenvalue weighted by molar-refractivity contribution is 0.135. The van der Waals surface area contributed by atoms with Crippen molar-refractivity contribution >= 4 is 17.6 Å². The monoisotopic (exact) mass is 447 g/mol. The highest BCUT2D eigenvalue weighted by atomic mass is 16.5. The van der Waals surface area contributed by atoms with Gasteiger partial charge in [0, 0.05) is 53.4 Å². The summed E-state index contributed by atoms with van der Waals surface area (Å²) in [7, 11) is 2.23. The van der Waals surface area contributed by atoms with E-state index in [2.05, 4.69) is 104 Å². The molecule has 2 atom stereocenters. The molecule has 2 aromatic rings. The van der Waals surface area contributed by atoms with Crippen LogP contribution < -0.4 is 9.80 Å². The van der Waals surface area contributed by atoms with Crippen LogP contribution in [0.15, 0.2) is 100 Å². The van der Waals surface area contributed by atoms with Crippen molar-refractivity contribution in [3.05, 3.63) is 107 Å². The maximum atomic E-state index is 6.16. The lowest BCUT2D eigenvalue weighted by Gasteiger charge is -2.46. The maximum Gasteiger partial charge on any atom is 0.121 e. The van der Waals surface area contributed by atoms with Crippen molar-refractivity contribution < 1.29 is 4.74 Å². The standard InChI is InChI=1S/C30H29N3O/c1-29(2)23-9-5-7-11-25(23)32(3)30(29)14-12-21-22(19-30)26(18-27-28(21)31-15-17-34-27)33-16-13-20-8-4-6-10-24(20)33/h4-12,14-15,18-19,27H,13,16-17H2,1-3H3. The third-order valence-corrected chi connectivity index (χ3v) is 8.54. The molecule has 3 aliphatic heterocycles. The molecular weight excluding hydrogens is 418 g/mol. The molecule has 2 aromatic carbocycles. The summed E-state index contributed by atoms with van der Waals surface area (Å²) in [5.74, 6) is 0. The van der Waals surface area contributed by atoms with E-state index in [1.54, 1.807) is 0 Å². The highest BCUT2D eigenvalue weighted by molar-refractivity contribution is 5.78. The number of para-hydroxylation sites is 2. The molecule has 0 fully saturated rings. The van der Waals surface area contributed by atoms with Crippen molar-refractivity contribution in [2.24, 2.45) is 4.99 Å². The second-order valence-corrected chi connectivity index (χ2v) is 10.4. The Kier molecular flexibility index (Phi) is 4.03. The topological polar surface area (TPSA) is 28.1 Å². The van der Waals surface area contributed by atoms with E-state index in [-0.39, 0.29) is 17.1 Å². The third kappa shape index (κ3) is 2.44. The third-order valence-electron chi connectivity index (χ3n) is 8.54. The lowest BCUT2D eigenvalue weighted by Crippen LogP contribution is -2.53. The molecule has 2 aliphatic carbocycles.